The fourth-order valence-corrected chi connectivity index (χ4v) is 5.02. The van der Waals surface area contributed by atoms with Crippen LogP contribution in [-0.2, 0) is 19.5 Å². The number of nitrogens with one attached hydrogen (secondary N) is 2. The number of thiazole rings is 1. The number of aryl methyl sites for hydroxylation is 2. The Morgan fingerprint density at radius 2 is 2.07 bits per heavy atom. The highest BCUT2D eigenvalue weighted by atomic mass is 32.1. The zero-order valence-electron chi connectivity index (χ0n) is 17.3. The largest absolute Gasteiger partial charge is 0.357 e. The molecule has 154 valence electrons. The third-order valence-electron chi connectivity index (χ3n) is 5.09. The lowest BCUT2D eigenvalue weighted by Crippen LogP contribution is -2.42. The number of hydrogen-bond donors (Lipinski definition) is 2. The van der Waals surface area contributed by atoms with Crippen LogP contribution in [-0.4, -0.2) is 42.0 Å². The first kappa shape index (κ1) is 21.3. The van der Waals surface area contributed by atoms with Crippen molar-refractivity contribution >= 4 is 28.6 Å². The quantitative estimate of drug-likeness (QED) is 0.501. The van der Waals surface area contributed by atoms with E-state index in [1.807, 2.05) is 11.3 Å². The number of rotatable bonds is 8. The van der Waals surface area contributed by atoms with Crippen LogP contribution in [0.5, 0.6) is 0 Å². The van der Waals surface area contributed by atoms with E-state index in [2.05, 4.69) is 53.8 Å². The number of piperidine rings is 1. The van der Waals surface area contributed by atoms with Gasteiger partial charge in [-0.15, -0.1) is 22.7 Å². The van der Waals surface area contributed by atoms with Gasteiger partial charge in [-0.25, -0.2) is 9.98 Å². The molecule has 0 aliphatic carbocycles. The Balaban J connectivity index is 1.41. The third kappa shape index (κ3) is 6.57. The van der Waals surface area contributed by atoms with E-state index >= 15 is 0 Å². The third-order valence-corrected chi connectivity index (χ3v) is 7.11. The van der Waals surface area contributed by atoms with Crippen molar-refractivity contribution in [3.05, 3.63) is 38.0 Å². The summed E-state index contributed by atoms with van der Waals surface area (Å²) in [6.45, 7) is 12.4. The van der Waals surface area contributed by atoms with Gasteiger partial charge in [0.1, 0.15) is 0 Å². The van der Waals surface area contributed by atoms with Crippen molar-refractivity contribution in [1.82, 2.24) is 20.5 Å². The van der Waals surface area contributed by atoms with E-state index < -0.39 is 0 Å². The number of aromatic nitrogens is 1. The normalized spacial score (nSPS) is 16.5. The molecular weight excluding hydrogens is 386 g/mol. The summed E-state index contributed by atoms with van der Waals surface area (Å²) in [4.78, 5) is 14.7. The minimum absolute atomic E-state index is 0.714. The topological polar surface area (TPSA) is 52.6 Å². The molecule has 28 heavy (non-hydrogen) atoms. The van der Waals surface area contributed by atoms with Crippen molar-refractivity contribution in [3.8, 4) is 0 Å². The molecule has 1 aliphatic heterocycles. The van der Waals surface area contributed by atoms with Crippen molar-refractivity contribution < 1.29 is 0 Å². The van der Waals surface area contributed by atoms with E-state index in [0.717, 1.165) is 51.6 Å². The fraction of sp³-hybridized carbons (Fsp3) is 0.619. The number of guanidine groups is 1. The Labute approximate surface area is 177 Å². The van der Waals surface area contributed by atoms with Crippen molar-refractivity contribution in [2.45, 2.75) is 53.1 Å². The zero-order valence-corrected chi connectivity index (χ0v) is 19.0. The highest BCUT2D eigenvalue weighted by Crippen LogP contribution is 2.20. The van der Waals surface area contributed by atoms with E-state index in [1.54, 1.807) is 11.3 Å². The molecule has 0 amide bonds. The number of hydrogen-bond acceptors (Lipinski definition) is 5. The zero-order chi connectivity index (χ0) is 19.8. The van der Waals surface area contributed by atoms with Crippen LogP contribution < -0.4 is 10.6 Å². The molecule has 1 aliphatic rings. The van der Waals surface area contributed by atoms with E-state index in [9.17, 15) is 0 Å². The van der Waals surface area contributed by atoms with Gasteiger partial charge in [0.2, 0.25) is 0 Å². The van der Waals surface area contributed by atoms with Gasteiger partial charge in [-0.3, -0.25) is 4.90 Å². The Morgan fingerprint density at radius 3 is 2.71 bits per heavy atom. The molecule has 0 saturated carbocycles. The predicted molar refractivity (Wildman–Crippen MR) is 121 cm³/mol. The van der Waals surface area contributed by atoms with Crippen LogP contribution >= 0.6 is 22.7 Å². The molecule has 0 radical (unpaired) electrons. The molecule has 3 rings (SSSR count). The molecule has 2 aromatic heterocycles. The minimum atomic E-state index is 0.714. The number of aliphatic imine (C=N–C) groups is 1. The van der Waals surface area contributed by atoms with Gasteiger partial charge in [0.05, 0.1) is 17.2 Å². The lowest BCUT2D eigenvalue weighted by atomic mass is 9.97. The monoisotopic (exact) mass is 419 g/mol. The highest BCUT2D eigenvalue weighted by molar-refractivity contribution is 7.11. The summed E-state index contributed by atoms with van der Waals surface area (Å²) in [7, 11) is 0. The predicted octanol–water partition coefficient (Wildman–Crippen LogP) is 4.04. The molecule has 0 bridgehead atoms. The standard InChI is InChI=1S/C21H33N5S2/c1-4-20-25-18(15-27-20)14-26-10-8-17(9-11-26)12-23-21(22-5-2)24-13-19-7-6-16(3)28-19/h6-7,15,17H,4-5,8-14H2,1-3H3,(H2,22,23,24). The lowest BCUT2D eigenvalue weighted by molar-refractivity contribution is 0.176. The molecule has 2 aromatic rings. The second-order valence-corrected chi connectivity index (χ2v) is 9.71. The van der Waals surface area contributed by atoms with Gasteiger partial charge in [-0.05, 0) is 64.3 Å². The first-order chi connectivity index (χ1) is 13.7. The molecule has 3 heterocycles. The summed E-state index contributed by atoms with van der Waals surface area (Å²) in [5.41, 5.74) is 1.24. The molecule has 5 nitrogen and oxygen atoms in total. The fourth-order valence-electron chi connectivity index (χ4n) is 3.47. The summed E-state index contributed by atoms with van der Waals surface area (Å²) < 4.78 is 0. The SMILES string of the molecule is CCNC(=NCc1ccc(C)s1)NCC1CCN(Cc2csc(CC)n2)CC1. The maximum Gasteiger partial charge on any atom is 0.191 e. The second kappa shape index (κ2) is 10.9. The van der Waals surface area contributed by atoms with Crippen LogP contribution in [0.4, 0.5) is 0 Å². The van der Waals surface area contributed by atoms with Gasteiger partial charge < -0.3 is 10.6 Å². The van der Waals surface area contributed by atoms with Gasteiger partial charge in [0.15, 0.2) is 5.96 Å². The molecule has 0 spiro atoms. The minimum Gasteiger partial charge on any atom is -0.357 e. The number of nitrogens with zero attached hydrogens (tertiary/aromatic N) is 3. The number of likely N-dealkylation sites (tertiary alicyclic amines) is 1. The van der Waals surface area contributed by atoms with Crippen LogP contribution in [0.1, 0.15) is 47.1 Å². The number of thiophene rings is 1. The van der Waals surface area contributed by atoms with Gasteiger partial charge in [-0.1, -0.05) is 6.92 Å². The first-order valence-corrected chi connectivity index (χ1v) is 12.1. The molecular formula is C21H33N5S2. The molecule has 0 aromatic carbocycles. The van der Waals surface area contributed by atoms with Crippen molar-refractivity contribution in [2.24, 2.45) is 10.9 Å². The van der Waals surface area contributed by atoms with Gasteiger partial charge in [0.25, 0.3) is 0 Å². The van der Waals surface area contributed by atoms with Crippen LogP contribution in [0.2, 0.25) is 0 Å². The van der Waals surface area contributed by atoms with Crippen molar-refractivity contribution in [3.63, 3.8) is 0 Å². The van der Waals surface area contributed by atoms with E-state index in [4.69, 9.17) is 9.98 Å². The van der Waals surface area contributed by atoms with E-state index in [0.29, 0.717) is 5.92 Å². The Morgan fingerprint density at radius 1 is 1.25 bits per heavy atom. The maximum absolute atomic E-state index is 4.75. The summed E-state index contributed by atoms with van der Waals surface area (Å²) in [6, 6.07) is 4.34. The Kier molecular flexibility index (Phi) is 8.30. The smallest absolute Gasteiger partial charge is 0.191 e. The van der Waals surface area contributed by atoms with E-state index in [-0.39, 0.29) is 0 Å². The molecule has 0 unspecified atom stereocenters. The van der Waals surface area contributed by atoms with Gasteiger partial charge in [0, 0.05) is 34.8 Å². The molecule has 1 saturated heterocycles. The average Bonchev–Trinajstić information content (AvgIpc) is 3.33. The Bertz CT molecular complexity index is 744. The maximum atomic E-state index is 4.75. The lowest BCUT2D eigenvalue weighted by Gasteiger charge is -2.31. The summed E-state index contributed by atoms with van der Waals surface area (Å²) in [5.74, 6) is 1.65. The summed E-state index contributed by atoms with van der Waals surface area (Å²) in [6.07, 6.45) is 3.52. The van der Waals surface area contributed by atoms with Gasteiger partial charge in [-0.2, -0.15) is 0 Å². The summed E-state index contributed by atoms with van der Waals surface area (Å²) >= 11 is 3.62. The van der Waals surface area contributed by atoms with Crippen molar-refractivity contribution in [1.29, 1.82) is 0 Å². The molecule has 0 atom stereocenters. The van der Waals surface area contributed by atoms with Crippen LogP contribution in [0, 0.1) is 12.8 Å². The molecule has 7 heteroatoms. The first-order valence-electron chi connectivity index (χ1n) is 10.4. The molecule has 2 N–H and O–H groups in total. The average molecular weight is 420 g/mol. The highest BCUT2D eigenvalue weighted by Gasteiger charge is 2.20. The second-order valence-electron chi connectivity index (χ2n) is 7.39. The van der Waals surface area contributed by atoms with Crippen LogP contribution in [0.25, 0.3) is 0 Å². The van der Waals surface area contributed by atoms with Crippen LogP contribution in [0.15, 0.2) is 22.5 Å². The van der Waals surface area contributed by atoms with Crippen LogP contribution in [0.3, 0.4) is 0 Å². The van der Waals surface area contributed by atoms with Crippen molar-refractivity contribution in [2.75, 3.05) is 26.2 Å². The Hall–Kier alpha value is -1.44. The molecule has 1 fully saturated rings. The van der Waals surface area contributed by atoms with Gasteiger partial charge >= 0.3 is 0 Å². The summed E-state index contributed by atoms with van der Waals surface area (Å²) in [5, 5.41) is 10.4. The van der Waals surface area contributed by atoms with E-state index in [1.165, 1.54) is 33.3 Å².